The molecular weight excluding hydrogens is 459 g/mol. The van der Waals surface area contributed by atoms with Crippen molar-refractivity contribution < 1.29 is 19.1 Å². The Morgan fingerprint density at radius 2 is 1.74 bits per heavy atom. The van der Waals surface area contributed by atoms with E-state index < -0.39 is 0 Å². The molecule has 6 nitrogen and oxygen atoms in total. The molecule has 1 aliphatic rings. The molecule has 2 aromatic carbocycles. The van der Waals surface area contributed by atoms with Gasteiger partial charge in [0.1, 0.15) is 0 Å². The monoisotopic (exact) mass is 482 g/mol. The molecule has 2 aromatic rings. The maximum absolute atomic E-state index is 13.0. The lowest BCUT2D eigenvalue weighted by molar-refractivity contribution is -0.113. The molecule has 1 heterocycles. The molecule has 9 heteroatoms. The van der Waals surface area contributed by atoms with Crippen LogP contribution in [0.15, 0.2) is 30.3 Å². The minimum atomic E-state index is -0.224. The average molecular weight is 483 g/mol. The van der Waals surface area contributed by atoms with Crippen LogP contribution in [0, 0.1) is 0 Å². The van der Waals surface area contributed by atoms with E-state index in [1.54, 1.807) is 29.2 Å². The van der Waals surface area contributed by atoms with Gasteiger partial charge in [-0.25, -0.2) is 0 Å². The van der Waals surface area contributed by atoms with Crippen molar-refractivity contribution >= 4 is 52.5 Å². The predicted molar refractivity (Wildman–Crippen MR) is 126 cm³/mol. The van der Waals surface area contributed by atoms with E-state index in [4.69, 9.17) is 32.7 Å². The molecule has 1 N–H and O–H groups in total. The molecule has 0 aliphatic carbocycles. The lowest BCUT2D eigenvalue weighted by Gasteiger charge is -2.20. The second-order valence-electron chi connectivity index (χ2n) is 7.03. The summed E-state index contributed by atoms with van der Waals surface area (Å²) in [5.74, 6) is 1.29. The van der Waals surface area contributed by atoms with Crippen LogP contribution in [0.25, 0.3) is 0 Å². The Hall–Kier alpha value is -2.09. The summed E-state index contributed by atoms with van der Waals surface area (Å²) in [6.07, 6.45) is 1.95. The highest BCUT2D eigenvalue weighted by Gasteiger charge is 2.25. The minimum absolute atomic E-state index is 0.130. The first kappa shape index (κ1) is 23.6. The molecule has 31 heavy (non-hydrogen) atoms. The molecule has 0 bridgehead atoms. The van der Waals surface area contributed by atoms with E-state index in [2.05, 4.69) is 5.32 Å². The Kier molecular flexibility index (Phi) is 8.35. The third-order valence-corrected chi connectivity index (χ3v) is 6.50. The number of hydrogen-bond acceptors (Lipinski definition) is 5. The van der Waals surface area contributed by atoms with Crippen LogP contribution in [0.5, 0.6) is 11.5 Å². The number of thioether (sulfide) groups is 1. The predicted octanol–water partition coefficient (Wildman–Crippen LogP) is 5.12. The number of anilines is 1. The molecule has 0 saturated carbocycles. The van der Waals surface area contributed by atoms with Crippen LogP contribution < -0.4 is 14.8 Å². The highest BCUT2D eigenvalue weighted by molar-refractivity contribution is 7.99. The molecule has 1 fully saturated rings. The van der Waals surface area contributed by atoms with Crippen LogP contribution >= 0.6 is 35.0 Å². The van der Waals surface area contributed by atoms with Crippen molar-refractivity contribution in [2.45, 2.75) is 18.6 Å². The summed E-state index contributed by atoms with van der Waals surface area (Å²) < 4.78 is 10.7. The number of rotatable bonds is 8. The van der Waals surface area contributed by atoms with Gasteiger partial charge in [-0.2, -0.15) is 0 Å². The average Bonchev–Trinajstić information content (AvgIpc) is 3.29. The third-order valence-electron chi connectivity index (χ3n) is 4.93. The maximum Gasteiger partial charge on any atom is 0.256 e. The smallest absolute Gasteiger partial charge is 0.256 e. The van der Waals surface area contributed by atoms with E-state index in [1.165, 1.54) is 26.0 Å². The maximum atomic E-state index is 13.0. The van der Waals surface area contributed by atoms with Gasteiger partial charge in [-0.3, -0.25) is 9.59 Å². The van der Waals surface area contributed by atoms with Gasteiger partial charge in [-0.05, 0) is 36.6 Å². The Morgan fingerprint density at radius 1 is 1.06 bits per heavy atom. The summed E-state index contributed by atoms with van der Waals surface area (Å²) in [6.45, 7) is 1.41. The lowest BCUT2D eigenvalue weighted by Crippen LogP contribution is -2.29. The van der Waals surface area contributed by atoms with Crippen LogP contribution in [-0.4, -0.2) is 49.8 Å². The number of carbonyl (C=O) groups is 2. The normalized spacial score (nSPS) is 13.2. The molecule has 0 radical (unpaired) electrons. The van der Waals surface area contributed by atoms with Crippen LogP contribution in [0.3, 0.4) is 0 Å². The molecule has 1 aliphatic heterocycles. The highest BCUT2D eigenvalue weighted by Crippen LogP contribution is 2.34. The second kappa shape index (κ2) is 11.0. The van der Waals surface area contributed by atoms with Gasteiger partial charge in [0, 0.05) is 35.0 Å². The first-order valence-corrected chi connectivity index (χ1v) is 11.7. The third kappa shape index (κ3) is 5.99. The van der Waals surface area contributed by atoms with Crippen molar-refractivity contribution in [3.63, 3.8) is 0 Å². The molecule has 1 saturated heterocycles. The van der Waals surface area contributed by atoms with E-state index in [0.717, 1.165) is 18.4 Å². The molecule has 0 spiro atoms. The summed E-state index contributed by atoms with van der Waals surface area (Å²) in [5, 5.41) is 3.99. The van der Waals surface area contributed by atoms with Gasteiger partial charge in [-0.1, -0.05) is 29.3 Å². The number of carbonyl (C=O) groups excluding carboxylic acids is 2. The fourth-order valence-corrected chi connectivity index (χ4v) is 4.71. The summed E-state index contributed by atoms with van der Waals surface area (Å²) in [7, 11) is 3.02. The van der Waals surface area contributed by atoms with Gasteiger partial charge in [0.05, 0.1) is 31.2 Å². The highest BCUT2D eigenvalue weighted by atomic mass is 35.5. The van der Waals surface area contributed by atoms with Gasteiger partial charge in [0.2, 0.25) is 5.91 Å². The summed E-state index contributed by atoms with van der Waals surface area (Å²) >= 11 is 13.5. The van der Waals surface area contributed by atoms with E-state index in [1.807, 2.05) is 6.07 Å². The van der Waals surface area contributed by atoms with Crippen molar-refractivity contribution in [3.05, 3.63) is 51.5 Å². The van der Waals surface area contributed by atoms with Gasteiger partial charge in [0.15, 0.2) is 11.5 Å². The standard InChI is InChI=1S/C22H24Cl2N2O4S/c1-29-19-10-16(22(28)26-7-3-4-8-26)18(11-20(19)30-2)25-21(27)13-31-12-14-5-6-15(23)9-17(14)24/h5-6,9-11H,3-4,7-8,12-13H2,1-2H3,(H,25,27). The number of halogens is 2. The van der Waals surface area contributed by atoms with Gasteiger partial charge in [-0.15, -0.1) is 11.8 Å². The number of hydrogen-bond donors (Lipinski definition) is 1. The van der Waals surface area contributed by atoms with Crippen LogP contribution in [0.4, 0.5) is 5.69 Å². The number of ether oxygens (including phenoxy) is 2. The van der Waals surface area contributed by atoms with Gasteiger partial charge in [0.25, 0.3) is 5.91 Å². The van der Waals surface area contributed by atoms with Gasteiger partial charge < -0.3 is 19.7 Å². The number of nitrogens with zero attached hydrogens (tertiary/aromatic N) is 1. The molecule has 0 atom stereocenters. The molecule has 0 unspecified atom stereocenters. The molecular formula is C22H24Cl2N2O4S. The van der Waals surface area contributed by atoms with Crippen LogP contribution in [-0.2, 0) is 10.5 Å². The van der Waals surface area contributed by atoms with E-state index >= 15 is 0 Å². The zero-order valence-electron chi connectivity index (χ0n) is 17.4. The second-order valence-corrected chi connectivity index (χ2v) is 8.86. The number of methoxy groups -OCH3 is 2. The van der Waals surface area contributed by atoms with Crippen LogP contribution in [0.1, 0.15) is 28.8 Å². The van der Waals surface area contributed by atoms with Crippen molar-refractivity contribution in [3.8, 4) is 11.5 Å². The number of benzene rings is 2. The van der Waals surface area contributed by atoms with Crippen molar-refractivity contribution in [2.24, 2.45) is 0 Å². The number of likely N-dealkylation sites (tertiary alicyclic amines) is 1. The van der Waals surface area contributed by atoms with Gasteiger partial charge >= 0.3 is 0 Å². The van der Waals surface area contributed by atoms with Crippen molar-refractivity contribution in [1.82, 2.24) is 4.90 Å². The first-order valence-electron chi connectivity index (χ1n) is 9.79. The number of amides is 2. The summed E-state index contributed by atoms with van der Waals surface area (Å²) in [4.78, 5) is 27.4. The SMILES string of the molecule is COc1cc(NC(=O)CSCc2ccc(Cl)cc2Cl)c(C(=O)N2CCCC2)cc1OC. The zero-order valence-corrected chi connectivity index (χ0v) is 19.7. The Morgan fingerprint density at radius 3 is 2.39 bits per heavy atom. The summed E-state index contributed by atoms with van der Waals surface area (Å²) in [6, 6.07) is 8.54. The topological polar surface area (TPSA) is 67.9 Å². The Balaban J connectivity index is 1.72. The van der Waals surface area contributed by atoms with Crippen molar-refractivity contribution in [2.75, 3.05) is 38.4 Å². The van der Waals surface area contributed by atoms with Crippen LogP contribution in [0.2, 0.25) is 10.0 Å². The largest absolute Gasteiger partial charge is 0.493 e. The fraction of sp³-hybridized carbons (Fsp3) is 0.364. The van der Waals surface area contributed by atoms with Crippen molar-refractivity contribution in [1.29, 1.82) is 0 Å². The zero-order chi connectivity index (χ0) is 22.4. The molecule has 166 valence electrons. The lowest BCUT2D eigenvalue weighted by atomic mass is 10.1. The Labute approximate surface area is 196 Å². The molecule has 2 amide bonds. The fourth-order valence-electron chi connectivity index (χ4n) is 3.33. The van der Waals surface area contributed by atoms with E-state index in [-0.39, 0.29) is 17.6 Å². The number of nitrogens with one attached hydrogen (secondary N) is 1. The first-order chi connectivity index (χ1) is 14.9. The molecule has 3 rings (SSSR count). The summed E-state index contributed by atoms with van der Waals surface area (Å²) in [5.41, 5.74) is 1.70. The minimum Gasteiger partial charge on any atom is -0.493 e. The Bertz CT molecular complexity index is 965. The molecule has 0 aromatic heterocycles. The van der Waals surface area contributed by atoms with E-state index in [9.17, 15) is 9.59 Å². The quantitative estimate of drug-likeness (QED) is 0.565. The van der Waals surface area contributed by atoms with E-state index in [0.29, 0.717) is 51.6 Å².